The summed E-state index contributed by atoms with van der Waals surface area (Å²) in [6, 6.07) is 3.31. The monoisotopic (exact) mass is 376 g/mol. The minimum absolute atomic E-state index is 0. The molecule has 1 fully saturated rings. The first-order valence-electron chi connectivity index (χ1n) is 7.95. The first kappa shape index (κ1) is 20.9. The summed E-state index contributed by atoms with van der Waals surface area (Å²) in [7, 11) is 3.08. The van der Waals surface area contributed by atoms with Crippen LogP contribution in [-0.2, 0) is 4.79 Å². The number of amides is 1. The molecule has 1 saturated carbocycles. The Morgan fingerprint density at radius 3 is 2.38 bits per heavy atom. The molecule has 0 saturated heterocycles. The van der Waals surface area contributed by atoms with E-state index in [1.165, 1.54) is 13.5 Å². The minimum Gasteiger partial charge on any atom is -0.495 e. The molecule has 0 aromatic heterocycles. The molecule has 2 rings (SSSR count). The third kappa shape index (κ3) is 4.91. The van der Waals surface area contributed by atoms with E-state index in [0.717, 1.165) is 25.7 Å². The van der Waals surface area contributed by atoms with Gasteiger partial charge < -0.3 is 20.5 Å². The van der Waals surface area contributed by atoms with Crippen molar-refractivity contribution in [3.63, 3.8) is 0 Å². The summed E-state index contributed by atoms with van der Waals surface area (Å²) in [4.78, 5) is 12.5. The lowest BCUT2D eigenvalue weighted by atomic mass is 9.71. The number of rotatable bonds is 6. The number of halogens is 2. The molecule has 24 heavy (non-hydrogen) atoms. The molecule has 0 atom stereocenters. The second kappa shape index (κ2) is 9.35. The van der Waals surface area contributed by atoms with Crippen LogP contribution in [0.4, 0.5) is 5.69 Å². The van der Waals surface area contributed by atoms with Crippen molar-refractivity contribution >= 4 is 35.6 Å². The van der Waals surface area contributed by atoms with Gasteiger partial charge in [-0.25, -0.2) is 0 Å². The highest BCUT2D eigenvalue weighted by Gasteiger charge is 2.33. The van der Waals surface area contributed by atoms with Crippen LogP contribution in [0.1, 0.15) is 38.5 Å². The van der Waals surface area contributed by atoms with Crippen LogP contribution in [0.3, 0.4) is 0 Å². The summed E-state index contributed by atoms with van der Waals surface area (Å²) < 4.78 is 10.5. The third-order valence-electron chi connectivity index (χ3n) is 4.63. The van der Waals surface area contributed by atoms with Crippen LogP contribution in [0.15, 0.2) is 12.1 Å². The molecule has 5 nitrogen and oxygen atoms in total. The summed E-state index contributed by atoms with van der Waals surface area (Å²) in [5.41, 5.74) is 6.43. The molecule has 1 aliphatic rings. The van der Waals surface area contributed by atoms with Crippen molar-refractivity contribution < 1.29 is 14.3 Å². The van der Waals surface area contributed by atoms with Gasteiger partial charge >= 0.3 is 0 Å². The molecule has 0 aliphatic heterocycles. The fraction of sp³-hybridized carbons (Fsp3) is 0.588. The highest BCUT2D eigenvalue weighted by molar-refractivity contribution is 6.32. The van der Waals surface area contributed by atoms with E-state index in [2.05, 4.69) is 5.32 Å². The first-order chi connectivity index (χ1) is 11.0. The number of nitrogens with one attached hydrogen (secondary N) is 1. The fourth-order valence-corrected chi connectivity index (χ4v) is 3.49. The Balaban J connectivity index is 0.00000288. The molecule has 0 spiro atoms. The number of ether oxygens (including phenoxy) is 2. The van der Waals surface area contributed by atoms with Crippen LogP contribution >= 0.6 is 24.0 Å². The summed E-state index contributed by atoms with van der Waals surface area (Å²) in [6.45, 7) is 0.543. The predicted octanol–water partition coefficient (Wildman–Crippen LogP) is 4.02. The molecule has 136 valence electrons. The van der Waals surface area contributed by atoms with Crippen LogP contribution in [0.5, 0.6) is 11.5 Å². The van der Waals surface area contributed by atoms with E-state index in [1.54, 1.807) is 19.2 Å². The largest absolute Gasteiger partial charge is 0.495 e. The van der Waals surface area contributed by atoms with Crippen molar-refractivity contribution in [2.75, 3.05) is 26.1 Å². The van der Waals surface area contributed by atoms with Crippen molar-refractivity contribution in [1.82, 2.24) is 0 Å². The Morgan fingerprint density at radius 2 is 1.83 bits per heavy atom. The zero-order valence-electron chi connectivity index (χ0n) is 14.2. The van der Waals surface area contributed by atoms with Gasteiger partial charge in [-0.15, -0.1) is 12.4 Å². The minimum atomic E-state index is -0.0775. The summed E-state index contributed by atoms with van der Waals surface area (Å²) >= 11 is 6.14. The second-order valence-corrected chi connectivity index (χ2v) is 6.58. The molecule has 0 unspecified atom stereocenters. The molecule has 1 amide bonds. The number of anilines is 1. The number of hydrogen-bond donors (Lipinski definition) is 2. The van der Waals surface area contributed by atoms with Gasteiger partial charge in [-0.2, -0.15) is 0 Å². The average Bonchev–Trinajstić information content (AvgIpc) is 2.56. The Kier molecular flexibility index (Phi) is 8.13. The van der Waals surface area contributed by atoms with Crippen LogP contribution < -0.4 is 20.5 Å². The van der Waals surface area contributed by atoms with E-state index < -0.39 is 0 Å². The topological polar surface area (TPSA) is 73.6 Å². The van der Waals surface area contributed by atoms with Crippen molar-refractivity contribution in [2.45, 2.75) is 38.5 Å². The molecule has 1 aromatic carbocycles. The van der Waals surface area contributed by atoms with Crippen LogP contribution in [0, 0.1) is 5.41 Å². The van der Waals surface area contributed by atoms with E-state index in [1.807, 2.05) is 0 Å². The molecule has 3 N–H and O–H groups in total. The zero-order valence-corrected chi connectivity index (χ0v) is 15.8. The van der Waals surface area contributed by atoms with Gasteiger partial charge in [0.05, 0.1) is 24.9 Å². The molecule has 7 heteroatoms. The van der Waals surface area contributed by atoms with Crippen LogP contribution in [-0.4, -0.2) is 26.7 Å². The fourth-order valence-electron chi connectivity index (χ4n) is 3.25. The van der Waals surface area contributed by atoms with Gasteiger partial charge in [-0.1, -0.05) is 30.9 Å². The summed E-state index contributed by atoms with van der Waals surface area (Å²) in [5, 5.41) is 3.33. The lowest BCUT2D eigenvalue weighted by Crippen LogP contribution is -2.36. The van der Waals surface area contributed by atoms with Crippen molar-refractivity contribution in [2.24, 2.45) is 11.1 Å². The van der Waals surface area contributed by atoms with Gasteiger partial charge in [0.2, 0.25) is 5.91 Å². The number of methoxy groups -OCH3 is 2. The van der Waals surface area contributed by atoms with Crippen LogP contribution in [0.2, 0.25) is 5.02 Å². The number of carbonyl (C=O) groups is 1. The van der Waals surface area contributed by atoms with Gasteiger partial charge in [-0.3, -0.25) is 4.79 Å². The molecule has 0 bridgehead atoms. The second-order valence-electron chi connectivity index (χ2n) is 6.18. The normalized spacial score (nSPS) is 16.0. The number of hydrogen-bond acceptors (Lipinski definition) is 4. The molecular weight excluding hydrogens is 351 g/mol. The summed E-state index contributed by atoms with van der Waals surface area (Å²) in [5.74, 6) is 0.967. The van der Waals surface area contributed by atoms with Crippen molar-refractivity contribution in [3.8, 4) is 11.5 Å². The smallest absolute Gasteiger partial charge is 0.225 e. The maximum absolute atomic E-state index is 12.5. The lowest BCUT2D eigenvalue weighted by molar-refractivity contribution is -0.118. The summed E-state index contributed by atoms with van der Waals surface area (Å²) in [6.07, 6.45) is 5.96. The highest BCUT2D eigenvalue weighted by atomic mass is 35.5. The molecular formula is C17H26Cl2N2O3. The molecule has 1 aliphatic carbocycles. The van der Waals surface area contributed by atoms with Crippen molar-refractivity contribution in [1.29, 1.82) is 0 Å². The quantitative estimate of drug-likeness (QED) is 0.786. The highest BCUT2D eigenvalue weighted by Crippen LogP contribution is 2.40. The van der Waals surface area contributed by atoms with Gasteiger partial charge in [0.1, 0.15) is 11.5 Å². The Labute approximate surface area is 154 Å². The molecule has 0 radical (unpaired) electrons. The van der Waals surface area contributed by atoms with Gasteiger partial charge in [0.15, 0.2) is 0 Å². The van der Waals surface area contributed by atoms with Gasteiger partial charge in [0, 0.05) is 12.5 Å². The Morgan fingerprint density at radius 1 is 1.21 bits per heavy atom. The maximum Gasteiger partial charge on any atom is 0.225 e. The maximum atomic E-state index is 12.5. The molecule has 0 heterocycles. The Bertz CT molecular complexity index is 561. The Hall–Kier alpha value is -1.17. The van der Waals surface area contributed by atoms with Gasteiger partial charge in [-0.05, 0) is 30.9 Å². The van der Waals surface area contributed by atoms with E-state index in [0.29, 0.717) is 35.2 Å². The number of carbonyl (C=O) groups excluding carboxylic acids is 1. The number of benzene rings is 1. The standard InChI is InChI=1S/C17H25ClN2O3.ClH/c1-22-14-9-15(23-2)13(8-12(14)18)20-16(21)10-17(11-19)6-4-3-5-7-17;/h8-9H,3-7,10-11,19H2,1-2H3,(H,20,21);1H. The SMILES string of the molecule is COc1cc(OC)c(NC(=O)CC2(CN)CCCCC2)cc1Cl.Cl. The van der Waals surface area contributed by atoms with Crippen LogP contribution in [0.25, 0.3) is 0 Å². The third-order valence-corrected chi connectivity index (χ3v) is 4.93. The molecule has 1 aromatic rings. The van der Waals surface area contributed by atoms with Crippen molar-refractivity contribution in [3.05, 3.63) is 17.2 Å². The first-order valence-corrected chi connectivity index (χ1v) is 8.33. The van der Waals surface area contributed by atoms with E-state index in [-0.39, 0.29) is 23.7 Å². The van der Waals surface area contributed by atoms with E-state index in [9.17, 15) is 4.79 Å². The number of nitrogens with two attached hydrogens (primary N) is 1. The van der Waals surface area contributed by atoms with E-state index >= 15 is 0 Å². The predicted molar refractivity (Wildman–Crippen MR) is 99.6 cm³/mol. The lowest BCUT2D eigenvalue weighted by Gasteiger charge is -2.35. The zero-order chi connectivity index (χ0) is 16.9. The van der Waals surface area contributed by atoms with Gasteiger partial charge in [0.25, 0.3) is 0 Å². The van der Waals surface area contributed by atoms with E-state index in [4.69, 9.17) is 26.8 Å². The average molecular weight is 377 g/mol.